The molecule has 1 saturated heterocycles. The van der Waals surface area contributed by atoms with Gasteiger partial charge in [0.05, 0.1) is 0 Å². The maximum absolute atomic E-state index is 11.3. The van der Waals surface area contributed by atoms with E-state index < -0.39 is 18.7 Å². The molecule has 0 spiro atoms. The molecular weight excluding hydrogens is 221 g/mol. The number of carboxylic acid groups (broad SMARTS) is 1. The van der Waals surface area contributed by atoms with Crippen LogP contribution in [0.15, 0.2) is 0 Å². The van der Waals surface area contributed by atoms with Gasteiger partial charge in [0.15, 0.2) is 5.16 Å². The van der Waals surface area contributed by atoms with Gasteiger partial charge >= 0.3 is 13.6 Å². The van der Waals surface area contributed by atoms with Crippen molar-refractivity contribution < 1.29 is 24.3 Å². The Morgan fingerprint density at radius 1 is 1.20 bits per heavy atom. The molecule has 0 aromatic rings. The quantitative estimate of drug-likeness (QED) is 0.509. The van der Waals surface area contributed by atoms with E-state index in [1.54, 1.807) is 0 Å². The zero-order valence-electron chi connectivity index (χ0n) is 8.35. The van der Waals surface area contributed by atoms with Crippen LogP contribution in [0.4, 0.5) is 0 Å². The SMILES string of the molecule is O=C(O)C1(P(=O)(O)O)CCCNCCC1. The predicted octanol–water partition coefficient (Wildman–Crippen LogP) is 0.151. The Morgan fingerprint density at radius 3 is 2.00 bits per heavy atom. The summed E-state index contributed by atoms with van der Waals surface area (Å²) in [5.41, 5.74) is 0. The van der Waals surface area contributed by atoms with Crippen LogP contribution in [0.5, 0.6) is 0 Å². The minimum Gasteiger partial charge on any atom is -0.480 e. The molecule has 0 radical (unpaired) electrons. The molecule has 0 amide bonds. The van der Waals surface area contributed by atoms with Gasteiger partial charge in [-0.1, -0.05) is 0 Å². The highest BCUT2D eigenvalue weighted by atomic mass is 31.2. The highest BCUT2D eigenvalue weighted by molar-refractivity contribution is 7.54. The van der Waals surface area contributed by atoms with Crippen molar-refractivity contribution in [2.45, 2.75) is 30.8 Å². The van der Waals surface area contributed by atoms with Crippen molar-refractivity contribution in [3.63, 3.8) is 0 Å². The number of carbonyl (C=O) groups is 1. The molecule has 0 saturated carbocycles. The first-order valence-corrected chi connectivity index (χ1v) is 6.51. The van der Waals surface area contributed by atoms with Crippen LogP contribution in [0.3, 0.4) is 0 Å². The fourth-order valence-electron chi connectivity index (χ4n) is 1.89. The van der Waals surface area contributed by atoms with E-state index >= 15 is 0 Å². The summed E-state index contributed by atoms with van der Waals surface area (Å²) in [6.07, 6.45) is 0.994. The third-order valence-corrected chi connectivity index (χ3v) is 4.60. The Balaban J connectivity index is 2.96. The van der Waals surface area contributed by atoms with Crippen LogP contribution in [-0.2, 0) is 9.36 Å². The van der Waals surface area contributed by atoms with E-state index in [-0.39, 0.29) is 12.8 Å². The maximum Gasteiger partial charge on any atom is 0.342 e. The van der Waals surface area contributed by atoms with Gasteiger partial charge in [0.25, 0.3) is 0 Å². The van der Waals surface area contributed by atoms with Crippen molar-refractivity contribution in [1.82, 2.24) is 5.32 Å². The molecule has 0 aliphatic carbocycles. The molecule has 7 heteroatoms. The van der Waals surface area contributed by atoms with Gasteiger partial charge in [0.1, 0.15) is 0 Å². The van der Waals surface area contributed by atoms with Crippen LogP contribution in [0, 0.1) is 0 Å². The summed E-state index contributed by atoms with van der Waals surface area (Å²) in [5, 5.41) is 10.2. The average molecular weight is 237 g/mol. The Labute approximate surface area is 87.8 Å². The van der Waals surface area contributed by atoms with E-state index in [1.165, 1.54) is 0 Å². The molecule has 4 N–H and O–H groups in total. The van der Waals surface area contributed by atoms with E-state index in [9.17, 15) is 19.1 Å². The lowest BCUT2D eigenvalue weighted by atomic mass is 9.95. The number of hydrogen-bond acceptors (Lipinski definition) is 3. The molecule has 0 unspecified atom stereocenters. The molecule has 6 nitrogen and oxygen atoms in total. The molecule has 1 rings (SSSR count). The lowest BCUT2D eigenvalue weighted by Crippen LogP contribution is -2.41. The second-order valence-electron chi connectivity index (χ2n) is 3.84. The van der Waals surface area contributed by atoms with Gasteiger partial charge in [-0.15, -0.1) is 0 Å². The predicted molar refractivity (Wildman–Crippen MR) is 53.7 cm³/mol. The van der Waals surface area contributed by atoms with Crippen LogP contribution >= 0.6 is 7.60 Å². The largest absolute Gasteiger partial charge is 0.480 e. The highest BCUT2D eigenvalue weighted by Gasteiger charge is 2.52. The fraction of sp³-hybridized carbons (Fsp3) is 0.875. The molecule has 1 aliphatic rings. The summed E-state index contributed by atoms with van der Waals surface area (Å²) in [6, 6.07) is 0. The van der Waals surface area contributed by atoms with Crippen molar-refractivity contribution in [2.75, 3.05) is 13.1 Å². The molecule has 1 fully saturated rings. The maximum atomic E-state index is 11.3. The second-order valence-corrected chi connectivity index (χ2v) is 5.78. The molecule has 0 aromatic heterocycles. The zero-order valence-corrected chi connectivity index (χ0v) is 9.24. The number of aliphatic carboxylic acids is 1. The monoisotopic (exact) mass is 237 g/mol. The van der Waals surface area contributed by atoms with Gasteiger partial charge in [-0.05, 0) is 38.8 Å². The Morgan fingerprint density at radius 2 is 1.67 bits per heavy atom. The second kappa shape index (κ2) is 4.61. The Kier molecular flexibility index (Phi) is 3.89. The van der Waals surface area contributed by atoms with Crippen LogP contribution in [0.1, 0.15) is 25.7 Å². The standard InChI is InChI=1S/C8H16NO5P/c10-7(11)8(15(12,13)14)3-1-5-9-6-2-4-8/h9H,1-6H2,(H,10,11)(H2,12,13,14). The topological polar surface area (TPSA) is 107 Å². The lowest BCUT2D eigenvalue weighted by molar-refractivity contribution is -0.141. The third kappa shape index (κ3) is 2.58. The molecule has 0 aromatic carbocycles. The van der Waals surface area contributed by atoms with Gasteiger partial charge in [-0.2, -0.15) is 0 Å². The van der Waals surface area contributed by atoms with E-state index in [0.717, 1.165) is 0 Å². The number of hydrogen-bond donors (Lipinski definition) is 4. The van der Waals surface area contributed by atoms with E-state index in [1.807, 2.05) is 0 Å². The average Bonchev–Trinajstić information content (AvgIpc) is 1.99. The summed E-state index contributed by atoms with van der Waals surface area (Å²) in [6.45, 7) is 1.21. The molecule has 1 aliphatic heterocycles. The van der Waals surface area contributed by atoms with Gasteiger partial charge in [-0.3, -0.25) is 9.36 Å². The van der Waals surface area contributed by atoms with Crippen LogP contribution in [0.25, 0.3) is 0 Å². The molecule has 15 heavy (non-hydrogen) atoms. The molecule has 0 bridgehead atoms. The van der Waals surface area contributed by atoms with Crippen molar-refractivity contribution in [2.24, 2.45) is 0 Å². The molecule has 1 heterocycles. The minimum atomic E-state index is -4.60. The van der Waals surface area contributed by atoms with Crippen LogP contribution in [-0.4, -0.2) is 39.1 Å². The molecule has 88 valence electrons. The van der Waals surface area contributed by atoms with Crippen molar-refractivity contribution >= 4 is 13.6 Å². The number of nitrogens with one attached hydrogen (secondary N) is 1. The summed E-state index contributed by atoms with van der Waals surface area (Å²) in [4.78, 5) is 29.5. The first-order chi connectivity index (χ1) is 6.90. The van der Waals surface area contributed by atoms with Crippen molar-refractivity contribution in [3.8, 4) is 0 Å². The molecule has 0 atom stereocenters. The van der Waals surface area contributed by atoms with E-state index in [2.05, 4.69) is 5.32 Å². The van der Waals surface area contributed by atoms with Crippen LogP contribution in [0.2, 0.25) is 0 Å². The van der Waals surface area contributed by atoms with Gasteiger partial charge in [0, 0.05) is 0 Å². The smallest absolute Gasteiger partial charge is 0.342 e. The fourth-order valence-corrected chi connectivity index (χ4v) is 3.04. The van der Waals surface area contributed by atoms with E-state index in [4.69, 9.17) is 5.11 Å². The number of carboxylic acids is 1. The summed E-state index contributed by atoms with van der Waals surface area (Å²) >= 11 is 0. The van der Waals surface area contributed by atoms with Gasteiger partial charge in [-0.25, -0.2) is 0 Å². The van der Waals surface area contributed by atoms with Crippen LogP contribution < -0.4 is 5.32 Å². The third-order valence-electron chi connectivity index (χ3n) is 2.84. The summed E-state index contributed by atoms with van der Waals surface area (Å²) < 4.78 is 11.3. The van der Waals surface area contributed by atoms with Crippen molar-refractivity contribution in [3.05, 3.63) is 0 Å². The minimum absolute atomic E-state index is 0.0274. The first-order valence-electron chi connectivity index (χ1n) is 4.90. The van der Waals surface area contributed by atoms with Gasteiger partial charge in [0.2, 0.25) is 0 Å². The molecular formula is C8H16NO5P. The Hall–Kier alpha value is -0.420. The summed E-state index contributed by atoms with van der Waals surface area (Å²) in [5.74, 6) is -1.38. The Bertz CT molecular complexity index is 279. The highest BCUT2D eigenvalue weighted by Crippen LogP contribution is 2.55. The number of rotatable bonds is 2. The summed E-state index contributed by atoms with van der Waals surface area (Å²) in [7, 11) is -4.60. The normalized spacial score (nSPS) is 22.8. The zero-order chi connectivity index (χ0) is 11.5. The lowest BCUT2D eigenvalue weighted by Gasteiger charge is -2.31. The van der Waals surface area contributed by atoms with Crippen molar-refractivity contribution in [1.29, 1.82) is 0 Å². The first kappa shape index (κ1) is 12.6. The van der Waals surface area contributed by atoms with Gasteiger partial charge < -0.3 is 20.2 Å². The van der Waals surface area contributed by atoms with E-state index in [0.29, 0.717) is 25.9 Å².